The lowest BCUT2D eigenvalue weighted by molar-refractivity contribution is 0.0948. The van der Waals surface area contributed by atoms with Crippen molar-refractivity contribution in [3.05, 3.63) is 101 Å². The lowest BCUT2D eigenvalue weighted by Gasteiger charge is -2.23. The molecule has 0 heterocycles. The summed E-state index contributed by atoms with van der Waals surface area (Å²) in [6.45, 7) is 38.4. The highest BCUT2D eigenvalue weighted by Crippen LogP contribution is 2.27. The summed E-state index contributed by atoms with van der Waals surface area (Å²) in [5.74, 6) is 203. The number of ether oxygens (including phenoxy) is 1. The summed E-state index contributed by atoms with van der Waals surface area (Å²) in [4.78, 5) is 36.5. The smallest absolute Gasteiger partial charge is 0.251 e. The van der Waals surface area contributed by atoms with Gasteiger partial charge >= 0.3 is 0 Å². The van der Waals surface area contributed by atoms with Crippen molar-refractivity contribution in [3.8, 4) is 492 Å². The lowest BCUT2D eigenvalue weighted by atomic mass is 9.86. The standard InChI is InChI=1S/C83H4.C21H35NO2.C19H31NO.C18H29NO/c1-3-5-7-9-11-13-15-17-19-21-23-25-27-29-31-33-35-37-39-41-43-45-47-49-51-53-55-57-59-61-63-65-67-69-71-73-75-77-79-81-83-82-80-78-76-74-72-70-68-66-64-62-60-58-56-54-52-50-48-46-44-42-40-38-36-34-32-30-28-26-24-22-20-18-16-14-12-10-8-6-4-2;1-7-21(5,6)14-16-24-18-11-9-17(10-12-18)19(23)22-15-8-13-20(2,3)4;1-18(2,3)14-15-9-11-16(12-10-15)17(21)8-7-13-19(4,5)20-6;1-17(2,3)15-11-9-14(10-12-15)16(20)8-7-13-18(4,5)19-6/h1H,2H3;9-12H,7-8,13-16H2,1-6H3,(H,22,23);9-12,20H,7-8,13-14H2,1-6H3;9-12,19H,7-8,13H2,1-6H3. The van der Waals surface area contributed by atoms with Crippen LogP contribution in [0.15, 0.2) is 72.8 Å². The van der Waals surface area contributed by atoms with Crippen molar-refractivity contribution < 1.29 is 19.1 Å². The fraction of sp³-hybridized carbons (Fsp3) is 0.270. The Bertz CT molecular complexity index is 8330. The molecular formula is C141H99N3O4. The second-order valence-electron chi connectivity index (χ2n) is 33.9. The molecule has 0 radical (unpaired) electrons. The molecule has 3 aromatic rings. The maximum absolute atomic E-state index is 12.2. The summed E-state index contributed by atoms with van der Waals surface area (Å²) in [7, 11) is 3.93. The third-order valence-corrected chi connectivity index (χ3v) is 17.4. The van der Waals surface area contributed by atoms with Gasteiger partial charge in [-0.3, -0.25) is 14.4 Å². The van der Waals surface area contributed by atoms with E-state index in [2.05, 4.69) is 631 Å². The van der Waals surface area contributed by atoms with Crippen molar-refractivity contribution in [1.29, 1.82) is 0 Å². The molecule has 0 aliphatic rings. The summed E-state index contributed by atoms with van der Waals surface area (Å²) >= 11 is 0. The molecule has 0 saturated heterocycles. The number of nitrogens with one attached hydrogen (secondary N) is 3. The monoisotopic (exact) mass is 1900 g/mol. The van der Waals surface area contributed by atoms with Crippen LogP contribution in [0, 0.1) is 502 Å². The number of rotatable bonds is 22. The Hall–Kier alpha value is -21.8. The summed E-state index contributed by atoms with van der Waals surface area (Å²) in [6.07, 6.45) is 15.4. The molecule has 0 spiro atoms. The van der Waals surface area contributed by atoms with Crippen LogP contribution < -0.4 is 20.7 Å². The van der Waals surface area contributed by atoms with Gasteiger partial charge in [-0.1, -0.05) is 144 Å². The predicted molar refractivity (Wildman–Crippen MR) is 605 cm³/mol. The van der Waals surface area contributed by atoms with E-state index in [1.165, 1.54) is 11.1 Å². The van der Waals surface area contributed by atoms with Crippen LogP contribution in [0.4, 0.5) is 0 Å². The molecular weight excluding hydrogens is 1800 g/mol. The van der Waals surface area contributed by atoms with E-state index < -0.39 is 0 Å². The zero-order chi connectivity index (χ0) is 109. The average Bonchev–Trinajstić information content (AvgIpc) is 0.848. The van der Waals surface area contributed by atoms with Crippen LogP contribution in [0.3, 0.4) is 0 Å². The Morgan fingerprint density at radius 2 is 0.507 bits per heavy atom. The molecule has 3 aromatic carbocycles. The molecule has 7 heteroatoms. The Morgan fingerprint density at radius 1 is 0.277 bits per heavy atom. The largest absolute Gasteiger partial charge is 0.494 e. The van der Waals surface area contributed by atoms with E-state index in [1.807, 2.05) is 62.6 Å². The molecule has 0 atom stereocenters. The van der Waals surface area contributed by atoms with Gasteiger partial charge in [-0.15, -0.1) is 6.42 Å². The summed E-state index contributed by atoms with van der Waals surface area (Å²) in [5.41, 5.74) is 6.20. The molecule has 0 aliphatic carbocycles. The summed E-state index contributed by atoms with van der Waals surface area (Å²) in [6, 6.07) is 23.6. The molecule has 0 fully saturated rings. The van der Waals surface area contributed by atoms with Crippen molar-refractivity contribution in [2.45, 2.75) is 205 Å². The molecule has 702 valence electrons. The number of terminal acetylenes is 1. The summed E-state index contributed by atoms with van der Waals surface area (Å²) in [5, 5.41) is 9.52. The number of benzene rings is 3. The zero-order valence-corrected chi connectivity index (χ0v) is 86.8. The van der Waals surface area contributed by atoms with Crippen LogP contribution in [-0.2, 0) is 11.8 Å². The van der Waals surface area contributed by atoms with Gasteiger partial charge in [0.15, 0.2) is 11.6 Å². The topological polar surface area (TPSA) is 96.5 Å². The molecule has 0 bridgehead atoms. The maximum Gasteiger partial charge on any atom is 0.251 e. The maximum atomic E-state index is 12.2. The van der Waals surface area contributed by atoms with Gasteiger partial charge in [0.25, 0.3) is 5.91 Å². The quantitative estimate of drug-likeness (QED) is 0.0527. The van der Waals surface area contributed by atoms with Gasteiger partial charge in [0.1, 0.15) is 5.75 Å². The third kappa shape index (κ3) is 84.6. The van der Waals surface area contributed by atoms with Gasteiger partial charge in [-0.25, -0.2) is 0 Å². The predicted octanol–water partition coefficient (Wildman–Crippen LogP) is 15.2. The number of ketones is 2. The van der Waals surface area contributed by atoms with E-state index in [1.54, 1.807) is 6.92 Å². The second kappa shape index (κ2) is 84.4. The minimum Gasteiger partial charge on any atom is -0.494 e. The van der Waals surface area contributed by atoms with E-state index in [0.29, 0.717) is 35.8 Å². The molecule has 0 aliphatic heterocycles. The van der Waals surface area contributed by atoms with Crippen LogP contribution in [0.1, 0.15) is 224 Å². The highest BCUT2D eigenvalue weighted by atomic mass is 16.5. The first-order chi connectivity index (χ1) is 71.3. The van der Waals surface area contributed by atoms with Crippen molar-refractivity contribution >= 4 is 17.5 Å². The molecule has 3 N–H and O–H groups in total. The number of hydrogen-bond donors (Lipinski definition) is 3. The van der Waals surface area contributed by atoms with Gasteiger partial charge in [0, 0.05) is 426 Å². The average molecular weight is 1900 g/mol. The molecule has 0 aromatic heterocycles. The number of carbonyl (C=O) groups is 3. The van der Waals surface area contributed by atoms with Crippen molar-refractivity contribution in [3.63, 3.8) is 0 Å². The second-order valence-corrected chi connectivity index (χ2v) is 33.9. The van der Waals surface area contributed by atoms with Gasteiger partial charge in [-0.2, -0.15) is 0 Å². The van der Waals surface area contributed by atoms with Gasteiger partial charge in [-0.05, 0) is 252 Å². The first-order valence-electron chi connectivity index (χ1n) is 45.4. The molecule has 0 saturated carbocycles. The van der Waals surface area contributed by atoms with E-state index in [4.69, 9.17) is 11.2 Å². The molecule has 7 nitrogen and oxygen atoms in total. The van der Waals surface area contributed by atoms with Crippen LogP contribution in [0.25, 0.3) is 0 Å². The van der Waals surface area contributed by atoms with Crippen molar-refractivity contribution in [1.82, 2.24) is 16.0 Å². The van der Waals surface area contributed by atoms with Gasteiger partial charge < -0.3 is 20.7 Å². The Morgan fingerprint density at radius 3 is 0.716 bits per heavy atom. The fourth-order valence-corrected chi connectivity index (χ4v) is 9.25. The lowest BCUT2D eigenvalue weighted by Crippen LogP contribution is -2.35. The number of Topliss-reactive ketones (excluding diaryl/α,β-unsaturated/α-hetero) is 2. The van der Waals surface area contributed by atoms with Crippen LogP contribution in [-0.4, -0.2) is 55.8 Å². The number of carbonyl (C=O) groups excluding carboxylic acids is 3. The first-order valence-corrected chi connectivity index (χ1v) is 45.4. The van der Waals surface area contributed by atoms with Crippen LogP contribution in [0.2, 0.25) is 0 Å². The van der Waals surface area contributed by atoms with Crippen molar-refractivity contribution in [2.24, 2.45) is 16.2 Å². The zero-order valence-electron chi connectivity index (χ0n) is 86.8. The number of hydrogen-bond acceptors (Lipinski definition) is 6. The third-order valence-electron chi connectivity index (χ3n) is 17.4. The van der Waals surface area contributed by atoms with Crippen molar-refractivity contribution in [2.75, 3.05) is 27.2 Å². The minimum atomic E-state index is -0.0115. The van der Waals surface area contributed by atoms with Crippen LogP contribution in [0.5, 0.6) is 5.75 Å². The van der Waals surface area contributed by atoms with E-state index >= 15 is 0 Å². The normalized spacial score (nSPS) is 7.64. The van der Waals surface area contributed by atoms with E-state index in [-0.39, 0.29) is 39.4 Å². The highest BCUT2D eigenvalue weighted by Gasteiger charge is 2.20. The highest BCUT2D eigenvalue weighted by molar-refractivity contribution is 5.97. The van der Waals surface area contributed by atoms with E-state index in [0.717, 1.165) is 81.2 Å². The molecule has 148 heavy (non-hydrogen) atoms. The SMILES string of the molecule is C#CC#CC#CC#CC#CC#CC#CC#CC#CC#CC#CC#CC#CC#CC#CC#CC#CC#CC#CC#CC#CC#CC#CC#CC#CC#CC#CC#CC#CC#CC#CC#CC#CC#CC#CC#CC#CC#CC#CC#CC#CC.CCC(C)(C)CCOc1ccc(C(=O)NCCCC(C)(C)C)cc1.CNC(C)(C)CCCC(=O)c1ccc(C(C)(C)C)cc1.CNC(C)(C)CCCC(=O)c1ccc(CC(C)(C)C)cc1. The fourth-order valence-electron chi connectivity index (χ4n) is 9.25. The number of amides is 1. The Kier molecular flexibility index (Phi) is 72.0. The van der Waals surface area contributed by atoms with E-state index in [9.17, 15) is 14.4 Å². The molecule has 0 unspecified atom stereocenters. The molecule has 3 rings (SSSR count). The van der Waals surface area contributed by atoms with Gasteiger partial charge in [0.05, 0.1) is 6.61 Å². The summed E-state index contributed by atoms with van der Waals surface area (Å²) < 4.78 is 5.78. The Balaban J connectivity index is 0.00000261. The first kappa shape index (κ1) is 126. The van der Waals surface area contributed by atoms with Gasteiger partial charge in [0.2, 0.25) is 0 Å². The Labute approximate surface area is 887 Å². The molecule has 1 amide bonds. The van der Waals surface area contributed by atoms with Crippen LogP contribution >= 0.6 is 0 Å². The minimum absolute atomic E-state index is 0.0115.